The van der Waals surface area contributed by atoms with Gasteiger partial charge in [0.05, 0.1) is 50.9 Å². The SMILES string of the molecule is C=Cc1csc2c(SC)ncnc12.CSc1ncnc2c(Br)csc12.CSc1ncnc2c(C(=O)O)csc12.CSc1ncnc2c(C=O)csc12.OOO. The van der Waals surface area contributed by atoms with Crippen molar-refractivity contribution in [1.82, 2.24) is 39.9 Å². The molecule has 0 unspecified atom stereocenters. The number of fused-ring (bicyclic) bond motifs is 4. The van der Waals surface area contributed by atoms with Crippen molar-refractivity contribution in [2.24, 2.45) is 0 Å². The molecule has 8 aromatic heterocycles. The van der Waals surface area contributed by atoms with Crippen LogP contribution in [0.3, 0.4) is 0 Å². The largest absolute Gasteiger partial charge is 0.478 e. The summed E-state index contributed by atoms with van der Waals surface area (Å²) < 4.78 is 5.22. The summed E-state index contributed by atoms with van der Waals surface area (Å²) in [5.74, 6) is -0.943. The number of halogens is 1. The first-order chi connectivity index (χ1) is 26.7. The Hall–Kier alpha value is -3.20. The highest BCUT2D eigenvalue weighted by molar-refractivity contribution is 9.10. The van der Waals surface area contributed by atoms with E-state index in [1.165, 1.54) is 47.1 Å². The van der Waals surface area contributed by atoms with E-state index >= 15 is 0 Å². The number of aromatic nitrogens is 8. The van der Waals surface area contributed by atoms with Crippen LogP contribution in [-0.2, 0) is 5.04 Å². The number of rotatable bonds is 7. The van der Waals surface area contributed by atoms with Gasteiger partial charge in [-0.1, -0.05) is 17.7 Å². The van der Waals surface area contributed by atoms with E-state index in [9.17, 15) is 9.59 Å². The lowest BCUT2D eigenvalue weighted by atomic mass is 10.3. The molecule has 0 radical (unpaired) electrons. The summed E-state index contributed by atoms with van der Waals surface area (Å²) in [5.41, 5.74) is 5.32. The number of thioether (sulfide) groups is 4. The van der Waals surface area contributed by atoms with Crippen molar-refractivity contribution in [2.45, 2.75) is 20.1 Å². The number of carbonyl (C=O) groups is 2. The molecule has 0 aliphatic carbocycles. The molecule has 286 valence electrons. The average molecular weight is 956 g/mol. The first kappa shape index (κ1) is 44.5. The average Bonchev–Trinajstić information content (AvgIpc) is 4.03. The highest BCUT2D eigenvalue weighted by atomic mass is 79.9. The molecular formula is C32H27BrN8O6S8. The molecule has 55 heavy (non-hydrogen) atoms. The van der Waals surface area contributed by atoms with Crippen molar-refractivity contribution in [3.05, 3.63) is 74.6 Å². The van der Waals surface area contributed by atoms with Gasteiger partial charge in [0.25, 0.3) is 0 Å². The third-order valence-corrected chi connectivity index (χ3v) is 14.8. The molecular weight excluding hydrogens is 929 g/mol. The normalized spacial score (nSPS) is 10.4. The van der Waals surface area contributed by atoms with Gasteiger partial charge in [-0.25, -0.2) is 55.2 Å². The minimum atomic E-state index is -0.943. The van der Waals surface area contributed by atoms with Crippen molar-refractivity contribution in [3.63, 3.8) is 0 Å². The summed E-state index contributed by atoms with van der Waals surface area (Å²) in [7, 11) is 0. The topological polar surface area (TPSA) is 207 Å². The second kappa shape index (κ2) is 22.5. The van der Waals surface area contributed by atoms with E-state index in [2.05, 4.69) is 72.8 Å². The number of nitrogens with zero attached hydrogens (tertiary/aromatic N) is 8. The van der Waals surface area contributed by atoms with Crippen LogP contribution in [0.4, 0.5) is 0 Å². The van der Waals surface area contributed by atoms with Crippen molar-refractivity contribution < 1.29 is 30.2 Å². The summed E-state index contributed by atoms with van der Waals surface area (Å²) in [6.07, 6.45) is 16.7. The molecule has 0 saturated carbocycles. The van der Waals surface area contributed by atoms with E-state index < -0.39 is 5.97 Å². The lowest BCUT2D eigenvalue weighted by molar-refractivity contribution is -0.465. The van der Waals surface area contributed by atoms with Crippen molar-refractivity contribution in [3.8, 4) is 0 Å². The molecule has 8 rings (SSSR count). The number of hydrogen-bond acceptors (Lipinski definition) is 21. The number of carboxylic acid groups (broad SMARTS) is 1. The lowest BCUT2D eigenvalue weighted by Crippen LogP contribution is -1.95. The molecule has 0 aliphatic heterocycles. The minimum absolute atomic E-state index is 0.253. The molecule has 0 aliphatic rings. The predicted molar refractivity (Wildman–Crippen MR) is 233 cm³/mol. The third-order valence-electron chi connectivity index (χ3n) is 6.65. The van der Waals surface area contributed by atoms with Gasteiger partial charge in [-0.05, 0) is 41.0 Å². The van der Waals surface area contributed by atoms with Crippen LogP contribution in [0.15, 0.2) is 78.0 Å². The second-order valence-electron chi connectivity index (χ2n) is 9.57. The molecule has 3 N–H and O–H groups in total. The summed E-state index contributed by atoms with van der Waals surface area (Å²) in [4.78, 5) is 54.5. The van der Waals surface area contributed by atoms with E-state index in [4.69, 9.17) is 15.6 Å². The van der Waals surface area contributed by atoms with Crippen molar-refractivity contribution >= 4 is 168 Å². The molecule has 14 nitrogen and oxygen atoms in total. The molecule has 0 amide bonds. The number of aldehydes is 1. The Morgan fingerprint density at radius 3 is 1.44 bits per heavy atom. The van der Waals surface area contributed by atoms with E-state index in [0.29, 0.717) is 11.1 Å². The summed E-state index contributed by atoms with van der Waals surface area (Å²) in [6, 6.07) is 0. The highest BCUT2D eigenvalue weighted by Gasteiger charge is 2.15. The number of aromatic carboxylic acids is 1. The van der Waals surface area contributed by atoms with E-state index in [-0.39, 0.29) is 5.56 Å². The van der Waals surface area contributed by atoms with Crippen molar-refractivity contribution in [1.29, 1.82) is 0 Å². The van der Waals surface area contributed by atoms with Gasteiger partial charge in [0.1, 0.15) is 50.9 Å². The fraction of sp³-hybridized carbons (Fsp3) is 0.125. The van der Waals surface area contributed by atoms with Crippen LogP contribution in [0.2, 0.25) is 0 Å². The van der Waals surface area contributed by atoms with Gasteiger partial charge in [-0.2, -0.15) is 0 Å². The van der Waals surface area contributed by atoms with E-state index in [1.807, 2.05) is 41.9 Å². The first-order valence-corrected chi connectivity index (χ1v) is 23.9. The number of carbonyl (C=O) groups excluding carboxylic acids is 1. The molecule has 8 aromatic rings. The summed E-state index contributed by atoms with van der Waals surface area (Å²) in [5, 5.41) is 35.7. The molecule has 0 aromatic carbocycles. The van der Waals surface area contributed by atoms with Gasteiger partial charge in [-0.15, -0.1) is 92.4 Å². The van der Waals surface area contributed by atoms with E-state index in [1.54, 1.807) is 76.0 Å². The van der Waals surface area contributed by atoms with Crippen LogP contribution in [-0.4, -0.2) is 92.8 Å². The number of thiophene rings is 4. The Morgan fingerprint density at radius 1 is 0.636 bits per heavy atom. The Kier molecular flexibility index (Phi) is 18.2. The van der Waals surface area contributed by atoms with Crippen LogP contribution in [0.25, 0.3) is 46.9 Å². The first-order valence-electron chi connectivity index (χ1n) is 14.7. The van der Waals surface area contributed by atoms with Crippen LogP contribution in [0.1, 0.15) is 26.3 Å². The molecule has 23 heteroatoms. The number of carboxylic acids is 1. The second-order valence-corrected chi connectivity index (χ2v) is 17.1. The summed E-state index contributed by atoms with van der Waals surface area (Å²) >= 11 is 16.0. The fourth-order valence-electron chi connectivity index (χ4n) is 4.29. The minimum Gasteiger partial charge on any atom is -0.478 e. The highest BCUT2D eigenvalue weighted by Crippen LogP contribution is 2.34. The Labute approximate surface area is 354 Å². The Balaban J connectivity index is 0.000000159. The van der Waals surface area contributed by atoms with Gasteiger partial charge < -0.3 is 5.11 Å². The Bertz CT molecular complexity index is 2440. The standard InChI is InChI=1S/C9H8N2S2.C8H6N2O2S2.C8H6N2OS2.C7H5BrN2S2.H2O3/c1-3-6-4-13-8-7(6)10-5-11-9(8)12-2;1-13-7-6-5(9-3-10-7)4(2-14-6)8(11)12;1-12-8-7-6(9-4-10-8)5(2-11)3-13-7;1-11-7-6-5(9-3-10-7)4(8)2-12-6;1-3-2/h3-5H,1H2,2H3;2-3H,1H3,(H,11,12);2-4H,1H3;2-3H,1H3;1-2H. The van der Waals surface area contributed by atoms with Crippen molar-refractivity contribution in [2.75, 3.05) is 25.0 Å². The maximum atomic E-state index is 10.8. The monoisotopic (exact) mass is 954 g/mol. The smallest absolute Gasteiger partial charge is 0.338 e. The molecule has 0 atom stereocenters. The van der Waals surface area contributed by atoms with Gasteiger partial charge in [0.2, 0.25) is 0 Å². The van der Waals surface area contributed by atoms with Crippen LogP contribution >= 0.6 is 108 Å². The Morgan fingerprint density at radius 2 is 1.00 bits per heavy atom. The zero-order chi connectivity index (χ0) is 39.9. The number of hydrogen-bond donors (Lipinski definition) is 3. The molecule has 0 spiro atoms. The quantitative estimate of drug-likeness (QED) is 0.0446. The molecule has 8 heterocycles. The zero-order valence-corrected chi connectivity index (χ0v) is 36.9. The van der Waals surface area contributed by atoms with Gasteiger partial charge in [0, 0.05) is 27.1 Å². The van der Waals surface area contributed by atoms with Gasteiger partial charge in [-0.3, -0.25) is 4.79 Å². The molecule has 0 saturated heterocycles. The zero-order valence-electron chi connectivity index (χ0n) is 28.8. The fourth-order valence-corrected chi connectivity index (χ4v) is 11.7. The maximum Gasteiger partial charge on any atom is 0.338 e. The van der Waals surface area contributed by atoms with Gasteiger partial charge >= 0.3 is 5.97 Å². The third kappa shape index (κ3) is 11.0. The molecule has 0 fully saturated rings. The predicted octanol–water partition coefficient (Wildman–Crippen LogP) is 10.5. The molecule has 0 bridgehead atoms. The van der Waals surface area contributed by atoms with E-state index in [0.717, 1.165) is 71.8 Å². The summed E-state index contributed by atoms with van der Waals surface area (Å²) in [6.45, 7) is 3.75. The van der Waals surface area contributed by atoms with Crippen LogP contribution in [0.5, 0.6) is 0 Å². The van der Waals surface area contributed by atoms with Gasteiger partial charge in [0.15, 0.2) is 6.29 Å². The van der Waals surface area contributed by atoms with Crippen LogP contribution in [0, 0.1) is 0 Å². The maximum absolute atomic E-state index is 10.8. The lowest BCUT2D eigenvalue weighted by Gasteiger charge is -1.95. The van der Waals surface area contributed by atoms with Crippen LogP contribution < -0.4 is 0 Å².